The number of rotatable bonds is 4. The fourth-order valence-corrected chi connectivity index (χ4v) is 1.53. The highest BCUT2D eigenvalue weighted by atomic mass is 16.6. The zero-order chi connectivity index (χ0) is 14.7. The normalized spacial score (nSPS) is 10.1. The molecule has 2 rings (SSSR count). The average Bonchev–Trinajstić information content (AvgIpc) is 2.41. The van der Waals surface area contributed by atoms with Gasteiger partial charge in [-0.2, -0.15) is 0 Å². The lowest BCUT2D eigenvalue weighted by Gasteiger charge is -2.05. The van der Waals surface area contributed by atoms with Gasteiger partial charge in [0, 0.05) is 12.3 Å². The van der Waals surface area contributed by atoms with E-state index in [2.05, 4.69) is 4.98 Å². The van der Waals surface area contributed by atoms with Gasteiger partial charge in [0.05, 0.1) is 10.5 Å². The molecule has 1 N–H and O–H groups in total. The van der Waals surface area contributed by atoms with Crippen LogP contribution in [0.3, 0.4) is 0 Å². The summed E-state index contributed by atoms with van der Waals surface area (Å²) in [6.45, 7) is 1.69. The van der Waals surface area contributed by atoms with Crippen molar-refractivity contribution < 1.29 is 19.6 Å². The second kappa shape index (κ2) is 5.35. The number of benzene rings is 1. The zero-order valence-electron chi connectivity index (χ0n) is 10.4. The third-order valence-electron chi connectivity index (χ3n) is 2.48. The van der Waals surface area contributed by atoms with Crippen molar-refractivity contribution in [2.45, 2.75) is 6.92 Å². The Hall–Kier alpha value is -2.96. The number of carbonyl (C=O) groups is 1. The van der Waals surface area contributed by atoms with E-state index in [4.69, 9.17) is 9.84 Å². The van der Waals surface area contributed by atoms with E-state index < -0.39 is 10.9 Å². The molecule has 0 radical (unpaired) electrons. The first-order valence-corrected chi connectivity index (χ1v) is 5.59. The average molecular weight is 274 g/mol. The van der Waals surface area contributed by atoms with Crippen molar-refractivity contribution in [2.75, 3.05) is 0 Å². The molecule has 102 valence electrons. The van der Waals surface area contributed by atoms with Crippen LogP contribution in [0.25, 0.3) is 0 Å². The summed E-state index contributed by atoms with van der Waals surface area (Å²) in [4.78, 5) is 24.9. The van der Waals surface area contributed by atoms with Gasteiger partial charge in [-0.1, -0.05) is 0 Å². The molecule has 0 unspecified atom stereocenters. The number of carboxylic acid groups (broad SMARTS) is 1. The van der Waals surface area contributed by atoms with Gasteiger partial charge in [-0.15, -0.1) is 0 Å². The Morgan fingerprint density at radius 1 is 1.35 bits per heavy atom. The summed E-state index contributed by atoms with van der Waals surface area (Å²) in [5, 5.41) is 19.7. The molecule has 7 nitrogen and oxygen atoms in total. The van der Waals surface area contributed by atoms with E-state index in [1.165, 1.54) is 36.5 Å². The molecule has 7 heteroatoms. The maximum absolute atomic E-state index is 10.9. The molecule has 0 amide bonds. The molecule has 0 aliphatic carbocycles. The van der Waals surface area contributed by atoms with E-state index in [9.17, 15) is 14.9 Å². The largest absolute Gasteiger partial charge is 0.478 e. The van der Waals surface area contributed by atoms with Crippen molar-refractivity contribution in [1.82, 2.24) is 4.98 Å². The number of pyridine rings is 1. The number of aryl methyl sites for hydroxylation is 1. The van der Waals surface area contributed by atoms with E-state index in [0.29, 0.717) is 5.56 Å². The smallest absolute Gasteiger partial charge is 0.335 e. The van der Waals surface area contributed by atoms with E-state index in [-0.39, 0.29) is 22.9 Å². The van der Waals surface area contributed by atoms with Crippen molar-refractivity contribution in [2.24, 2.45) is 0 Å². The highest BCUT2D eigenvalue weighted by Gasteiger charge is 2.17. The molecule has 0 spiro atoms. The first kappa shape index (κ1) is 13.5. The number of aromatic carboxylic acids is 1. The second-order valence-electron chi connectivity index (χ2n) is 4.03. The molecule has 0 aliphatic rings. The molecule has 1 aromatic carbocycles. The minimum absolute atomic E-state index is 0.101. The Kier molecular flexibility index (Phi) is 3.60. The van der Waals surface area contributed by atoms with Crippen molar-refractivity contribution >= 4 is 11.7 Å². The first-order chi connectivity index (χ1) is 9.47. The molecule has 0 atom stereocenters. The highest BCUT2D eigenvalue weighted by molar-refractivity contribution is 5.87. The lowest BCUT2D eigenvalue weighted by atomic mass is 10.2. The molecular weight excluding hydrogens is 264 g/mol. The summed E-state index contributed by atoms with van der Waals surface area (Å²) >= 11 is 0. The Morgan fingerprint density at radius 3 is 2.55 bits per heavy atom. The van der Waals surface area contributed by atoms with Crippen molar-refractivity contribution in [3.8, 4) is 11.6 Å². The Labute approximate surface area is 113 Å². The van der Waals surface area contributed by atoms with Crippen molar-refractivity contribution in [3.63, 3.8) is 0 Å². The lowest BCUT2D eigenvalue weighted by molar-refractivity contribution is -0.386. The van der Waals surface area contributed by atoms with Gasteiger partial charge in [0.2, 0.25) is 0 Å². The number of nitro groups is 1. The van der Waals surface area contributed by atoms with Gasteiger partial charge in [0.1, 0.15) is 5.75 Å². The second-order valence-corrected chi connectivity index (χ2v) is 4.03. The van der Waals surface area contributed by atoms with Gasteiger partial charge >= 0.3 is 11.7 Å². The Bertz CT molecular complexity index is 667. The van der Waals surface area contributed by atoms with Gasteiger partial charge in [0.25, 0.3) is 5.88 Å². The molecule has 0 saturated carbocycles. The number of hydrogen-bond acceptors (Lipinski definition) is 5. The van der Waals surface area contributed by atoms with Crippen LogP contribution in [-0.4, -0.2) is 21.0 Å². The van der Waals surface area contributed by atoms with Crippen LogP contribution in [0.1, 0.15) is 15.9 Å². The van der Waals surface area contributed by atoms with Crippen LogP contribution in [0.5, 0.6) is 11.6 Å². The molecule has 2 aromatic rings. The van der Waals surface area contributed by atoms with E-state index in [1.54, 1.807) is 6.92 Å². The summed E-state index contributed by atoms with van der Waals surface area (Å²) < 4.78 is 5.31. The quantitative estimate of drug-likeness (QED) is 0.679. The summed E-state index contributed by atoms with van der Waals surface area (Å²) in [7, 11) is 0. The summed E-state index contributed by atoms with van der Waals surface area (Å²) in [5.41, 5.74) is 0.501. The molecule has 0 aliphatic heterocycles. The minimum Gasteiger partial charge on any atom is -0.478 e. The standard InChI is InChI=1S/C13H10N2O5/c1-8-6-11(15(18)19)12(14-7-8)20-10-4-2-9(3-5-10)13(16)17/h2-7H,1H3,(H,16,17). The molecule has 0 saturated heterocycles. The van der Waals surface area contributed by atoms with Gasteiger partial charge in [-0.3, -0.25) is 10.1 Å². The number of ether oxygens (including phenoxy) is 1. The number of aromatic nitrogens is 1. The third kappa shape index (κ3) is 2.89. The van der Waals surface area contributed by atoms with Gasteiger partial charge < -0.3 is 9.84 Å². The van der Waals surface area contributed by atoms with Crippen LogP contribution in [0.2, 0.25) is 0 Å². The molecule has 0 bridgehead atoms. The fourth-order valence-electron chi connectivity index (χ4n) is 1.53. The summed E-state index contributed by atoms with van der Waals surface area (Å²) in [5.74, 6) is -0.922. The monoisotopic (exact) mass is 274 g/mol. The lowest BCUT2D eigenvalue weighted by Crippen LogP contribution is -1.98. The number of carboxylic acids is 1. The van der Waals surface area contributed by atoms with Gasteiger partial charge in [-0.25, -0.2) is 9.78 Å². The van der Waals surface area contributed by atoms with Crippen LogP contribution >= 0.6 is 0 Å². The maximum atomic E-state index is 10.9. The van der Waals surface area contributed by atoms with Crippen molar-refractivity contribution in [1.29, 1.82) is 0 Å². The van der Waals surface area contributed by atoms with Crippen LogP contribution in [0.15, 0.2) is 36.5 Å². The number of nitrogens with zero attached hydrogens (tertiary/aromatic N) is 2. The van der Waals surface area contributed by atoms with E-state index in [0.717, 1.165) is 0 Å². The maximum Gasteiger partial charge on any atom is 0.335 e. The Balaban J connectivity index is 2.30. The van der Waals surface area contributed by atoms with E-state index >= 15 is 0 Å². The van der Waals surface area contributed by atoms with E-state index in [1.807, 2.05) is 0 Å². The predicted molar refractivity (Wildman–Crippen MR) is 69.1 cm³/mol. The zero-order valence-corrected chi connectivity index (χ0v) is 10.4. The predicted octanol–water partition coefficient (Wildman–Crippen LogP) is 2.79. The van der Waals surface area contributed by atoms with Crippen LogP contribution in [-0.2, 0) is 0 Å². The van der Waals surface area contributed by atoms with Gasteiger partial charge in [-0.05, 0) is 36.8 Å². The highest BCUT2D eigenvalue weighted by Crippen LogP contribution is 2.29. The van der Waals surface area contributed by atoms with Crippen LogP contribution in [0.4, 0.5) is 5.69 Å². The summed E-state index contributed by atoms with van der Waals surface area (Å²) in [6.07, 6.45) is 1.45. The molecule has 1 aromatic heterocycles. The molecule has 1 heterocycles. The third-order valence-corrected chi connectivity index (χ3v) is 2.48. The fraction of sp³-hybridized carbons (Fsp3) is 0.0769. The summed E-state index contributed by atoms with van der Waals surface area (Å²) in [6, 6.07) is 6.87. The molecule has 0 fully saturated rings. The van der Waals surface area contributed by atoms with Crippen molar-refractivity contribution in [3.05, 3.63) is 57.8 Å². The first-order valence-electron chi connectivity index (χ1n) is 5.59. The Morgan fingerprint density at radius 2 is 2.00 bits per heavy atom. The van der Waals surface area contributed by atoms with Gasteiger partial charge in [0.15, 0.2) is 0 Å². The topological polar surface area (TPSA) is 103 Å². The minimum atomic E-state index is -1.06. The molecule has 20 heavy (non-hydrogen) atoms. The number of hydrogen-bond donors (Lipinski definition) is 1. The molecular formula is C13H10N2O5. The SMILES string of the molecule is Cc1cnc(Oc2ccc(C(=O)O)cc2)c([N+](=O)[O-])c1. The van der Waals surface area contributed by atoms with Crippen LogP contribution < -0.4 is 4.74 Å². The van der Waals surface area contributed by atoms with Crippen LogP contribution in [0, 0.1) is 17.0 Å².